The third-order valence-corrected chi connectivity index (χ3v) is 4.66. The van der Waals surface area contributed by atoms with Gasteiger partial charge in [-0.25, -0.2) is 4.98 Å². The molecule has 0 saturated heterocycles. The molecule has 0 aliphatic carbocycles. The van der Waals surface area contributed by atoms with Gasteiger partial charge in [-0.05, 0) is 36.2 Å². The van der Waals surface area contributed by atoms with Crippen LogP contribution in [0.15, 0.2) is 28.0 Å². The lowest BCUT2D eigenvalue weighted by Crippen LogP contribution is -2.38. The molecule has 114 valence electrons. The Kier molecular flexibility index (Phi) is 6.20. The van der Waals surface area contributed by atoms with Crippen LogP contribution in [-0.2, 0) is 13.0 Å². The van der Waals surface area contributed by atoms with E-state index in [1.54, 1.807) is 22.7 Å². The SMILES string of the molecule is CCNC(=NCCc1ncc(C)s1)N(C)Cc1ccsc1. The average Bonchev–Trinajstić information content (AvgIpc) is 3.09. The molecule has 0 unspecified atom stereocenters. The summed E-state index contributed by atoms with van der Waals surface area (Å²) in [5.41, 5.74) is 1.32. The highest BCUT2D eigenvalue weighted by Crippen LogP contribution is 2.12. The number of thiazole rings is 1. The number of hydrogen-bond acceptors (Lipinski definition) is 4. The summed E-state index contributed by atoms with van der Waals surface area (Å²) in [7, 11) is 2.08. The highest BCUT2D eigenvalue weighted by Gasteiger charge is 2.07. The van der Waals surface area contributed by atoms with Gasteiger partial charge in [0.25, 0.3) is 0 Å². The Hall–Kier alpha value is -1.40. The van der Waals surface area contributed by atoms with E-state index in [2.05, 4.69) is 52.9 Å². The van der Waals surface area contributed by atoms with Gasteiger partial charge in [0.2, 0.25) is 0 Å². The molecule has 4 nitrogen and oxygen atoms in total. The monoisotopic (exact) mass is 322 g/mol. The maximum Gasteiger partial charge on any atom is 0.193 e. The summed E-state index contributed by atoms with van der Waals surface area (Å²) in [4.78, 5) is 12.5. The van der Waals surface area contributed by atoms with E-state index in [1.165, 1.54) is 10.4 Å². The smallest absolute Gasteiger partial charge is 0.193 e. The lowest BCUT2D eigenvalue weighted by molar-refractivity contribution is 0.478. The molecule has 0 amide bonds. The molecule has 0 aliphatic heterocycles. The quantitative estimate of drug-likeness (QED) is 0.656. The summed E-state index contributed by atoms with van der Waals surface area (Å²) in [5, 5.41) is 8.80. The zero-order chi connectivity index (χ0) is 15.1. The van der Waals surface area contributed by atoms with Crippen LogP contribution in [-0.4, -0.2) is 36.0 Å². The largest absolute Gasteiger partial charge is 0.357 e. The Bertz CT molecular complexity index is 560. The van der Waals surface area contributed by atoms with Gasteiger partial charge in [0.15, 0.2) is 5.96 Å². The molecule has 0 atom stereocenters. The van der Waals surface area contributed by atoms with E-state index in [9.17, 15) is 0 Å². The Balaban J connectivity index is 1.91. The summed E-state index contributed by atoms with van der Waals surface area (Å²) in [6.45, 7) is 6.71. The van der Waals surface area contributed by atoms with Crippen LogP contribution in [0.5, 0.6) is 0 Å². The van der Waals surface area contributed by atoms with Gasteiger partial charge in [0, 0.05) is 44.2 Å². The Morgan fingerprint density at radius 3 is 2.95 bits per heavy atom. The first-order valence-electron chi connectivity index (χ1n) is 7.11. The van der Waals surface area contributed by atoms with Gasteiger partial charge in [-0.15, -0.1) is 11.3 Å². The molecular weight excluding hydrogens is 300 g/mol. The number of guanidine groups is 1. The van der Waals surface area contributed by atoms with Crippen LogP contribution in [0, 0.1) is 6.92 Å². The minimum absolute atomic E-state index is 0.767. The van der Waals surface area contributed by atoms with Crippen molar-refractivity contribution < 1.29 is 0 Å². The maximum absolute atomic E-state index is 4.70. The van der Waals surface area contributed by atoms with Crippen molar-refractivity contribution in [2.45, 2.75) is 26.8 Å². The van der Waals surface area contributed by atoms with Crippen molar-refractivity contribution in [2.75, 3.05) is 20.1 Å². The van der Waals surface area contributed by atoms with Crippen LogP contribution < -0.4 is 5.32 Å². The van der Waals surface area contributed by atoms with Crippen molar-refractivity contribution in [3.05, 3.63) is 38.5 Å². The average molecular weight is 323 g/mol. The van der Waals surface area contributed by atoms with Crippen molar-refractivity contribution in [1.82, 2.24) is 15.2 Å². The van der Waals surface area contributed by atoms with Crippen LogP contribution in [0.3, 0.4) is 0 Å². The minimum Gasteiger partial charge on any atom is -0.357 e. The number of rotatable bonds is 6. The number of thiophene rings is 1. The molecule has 21 heavy (non-hydrogen) atoms. The molecule has 0 spiro atoms. The second-order valence-corrected chi connectivity index (χ2v) is 6.94. The van der Waals surface area contributed by atoms with E-state index in [4.69, 9.17) is 4.99 Å². The van der Waals surface area contributed by atoms with Crippen LogP contribution in [0.25, 0.3) is 0 Å². The van der Waals surface area contributed by atoms with Crippen molar-refractivity contribution in [3.63, 3.8) is 0 Å². The number of aromatic nitrogens is 1. The van der Waals surface area contributed by atoms with Gasteiger partial charge < -0.3 is 10.2 Å². The van der Waals surface area contributed by atoms with E-state index in [0.29, 0.717) is 0 Å². The molecule has 2 heterocycles. The number of hydrogen-bond donors (Lipinski definition) is 1. The van der Waals surface area contributed by atoms with Gasteiger partial charge in [-0.3, -0.25) is 4.99 Å². The first-order valence-corrected chi connectivity index (χ1v) is 8.86. The number of nitrogens with zero attached hydrogens (tertiary/aromatic N) is 3. The predicted octanol–water partition coefficient (Wildman–Crippen LogP) is 3.15. The highest BCUT2D eigenvalue weighted by molar-refractivity contribution is 7.11. The van der Waals surface area contributed by atoms with Crippen molar-refractivity contribution in [2.24, 2.45) is 4.99 Å². The van der Waals surface area contributed by atoms with Crippen molar-refractivity contribution in [1.29, 1.82) is 0 Å². The first kappa shape index (κ1) is 16.0. The summed E-state index contributed by atoms with van der Waals surface area (Å²) >= 11 is 3.48. The molecule has 1 N–H and O–H groups in total. The fourth-order valence-corrected chi connectivity index (χ4v) is 3.41. The highest BCUT2D eigenvalue weighted by atomic mass is 32.1. The number of nitrogens with one attached hydrogen (secondary N) is 1. The molecule has 2 aromatic heterocycles. The van der Waals surface area contributed by atoms with Crippen LogP contribution in [0.2, 0.25) is 0 Å². The molecule has 0 fully saturated rings. The summed E-state index contributed by atoms with van der Waals surface area (Å²) in [5.74, 6) is 0.956. The molecule has 0 radical (unpaired) electrons. The lowest BCUT2D eigenvalue weighted by Gasteiger charge is -2.21. The normalized spacial score (nSPS) is 11.7. The second kappa shape index (κ2) is 8.14. The van der Waals surface area contributed by atoms with Crippen LogP contribution in [0.4, 0.5) is 0 Å². The summed E-state index contributed by atoms with van der Waals surface area (Å²) in [6.07, 6.45) is 2.83. The molecule has 0 aromatic carbocycles. The fourth-order valence-electron chi connectivity index (χ4n) is 1.98. The lowest BCUT2D eigenvalue weighted by atomic mass is 10.3. The van der Waals surface area contributed by atoms with Gasteiger partial charge in [0.1, 0.15) is 0 Å². The fraction of sp³-hybridized carbons (Fsp3) is 0.467. The third-order valence-electron chi connectivity index (χ3n) is 2.95. The maximum atomic E-state index is 4.70. The first-order chi connectivity index (χ1) is 10.2. The molecule has 2 aromatic rings. The van der Waals surface area contributed by atoms with E-state index in [-0.39, 0.29) is 0 Å². The van der Waals surface area contributed by atoms with E-state index in [1.807, 2.05) is 6.20 Å². The topological polar surface area (TPSA) is 40.5 Å². The molecule has 0 aliphatic rings. The molecule has 6 heteroatoms. The Morgan fingerprint density at radius 2 is 2.33 bits per heavy atom. The van der Waals surface area contributed by atoms with Gasteiger partial charge >= 0.3 is 0 Å². The van der Waals surface area contributed by atoms with Crippen LogP contribution in [0.1, 0.15) is 22.4 Å². The minimum atomic E-state index is 0.767. The van der Waals surface area contributed by atoms with Crippen LogP contribution >= 0.6 is 22.7 Å². The van der Waals surface area contributed by atoms with E-state index >= 15 is 0 Å². The summed E-state index contributed by atoms with van der Waals surface area (Å²) in [6, 6.07) is 2.16. The van der Waals surface area contributed by atoms with Crippen molar-refractivity contribution in [3.8, 4) is 0 Å². The molecular formula is C15H22N4S2. The number of aliphatic imine (C=N–C) groups is 1. The van der Waals surface area contributed by atoms with Crippen molar-refractivity contribution >= 4 is 28.6 Å². The standard InChI is InChI=1S/C15H22N4S2/c1-4-16-15(19(3)10-13-6-8-20-11-13)17-7-5-14-18-9-12(2)21-14/h6,8-9,11H,4-5,7,10H2,1-3H3,(H,16,17). The number of aryl methyl sites for hydroxylation is 1. The molecule has 0 saturated carbocycles. The van der Waals surface area contributed by atoms with E-state index in [0.717, 1.165) is 37.0 Å². The van der Waals surface area contributed by atoms with Gasteiger partial charge in [0.05, 0.1) is 5.01 Å². The molecule has 0 bridgehead atoms. The van der Waals surface area contributed by atoms with Gasteiger partial charge in [-0.1, -0.05) is 0 Å². The second-order valence-electron chi connectivity index (χ2n) is 4.84. The zero-order valence-electron chi connectivity index (χ0n) is 12.8. The summed E-state index contributed by atoms with van der Waals surface area (Å²) < 4.78 is 0. The third kappa shape index (κ3) is 5.13. The Labute approximate surface area is 134 Å². The predicted molar refractivity (Wildman–Crippen MR) is 92.3 cm³/mol. The zero-order valence-corrected chi connectivity index (χ0v) is 14.4. The molecule has 2 rings (SSSR count). The Morgan fingerprint density at radius 1 is 1.48 bits per heavy atom. The van der Waals surface area contributed by atoms with E-state index < -0.39 is 0 Å². The van der Waals surface area contributed by atoms with Gasteiger partial charge in [-0.2, -0.15) is 11.3 Å².